The van der Waals surface area contributed by atoms with E-state index in [2.05, 4.69) is 10.3 Å². The molecular formula is C24H17ClN2O4S. The van der Waals surface area contributed by atoms with E-state index in [0.29, 0.717) is 32.1 Å². The normalized spacial score (nSPS) is 15.6. The zero-order chi connectivity index (χ0) is 22.5. The monoisotopic (exact) mass is 464 g/mol. The summed E-state index contributed by atoms with van der Waals surface area (Å²) in [6.07, 6.45) is 1.72. The number of thioether (sulfide) groups is 1. The molecular weight excluding hydrogens is 448 g/mol. The highest BCUT2D eigenvalue weighted by molar-refractivity contribution is 8.18. The number of amides is 1. The Hall–Kier alpha value is -3.55. The predicted molar refractivity (Wildman–Crippen MR) is 127 cm³/mol. The number of nitrogens with one attached hydrogen (secondary N) is 1. The van der Waals surface area contributed by atoms with E-state index in [1.807, 2.05) is 6.07 Å². The second-order valence-corrected chi connectivity index (χ2v) is 8.12. The first-order chi connectivity index (χ1) is 15.5. The van der Waals surface area contributed by atoms with Gasteiger partial charge in [0.2, 0.25) is 0 Å². The summed E-state index contributed by atoms with van der Waals surface area (Å²) in [5.74, 6) is 0.364. The van der Waals surface area contributed by atoms with Gasteiger partial charge in [-0.15, -0.1) is 0 Å². The van der Waals surface area contributed by atoms with E-state index in [9.17, 15) is 9.59 Å². The van der Waals surface area contributed by atoms with Crippen molar-refractivity contribution in [2.45, 2.75) is 0 Å². The van der Waals surface area contributed by atoms with Crippen molar-refractivity contribution in [2.24, 2.45) is 4.99 Å². The van der Waals surface area contributed by atoms with E-state index in [1.165, 1.54) is 11.8 Å². The van der Waals surface area contributed by atoms with Gasteiger partial charge in [0, 0.05) is 5.02 Å². The molecule has 0 saturated carbocycles. The number of hydrogen-bond donors (Lipinski definition) is 1. The van der Waals surface area contributed by atoms with Crippen molar-refractivity contribution in [3.8, 4) is 11.5 Å². The van der Waals surface area contributed by atoms with Gasteiger partial charge in [-0.1, -0.05) is 23.7 Å². The van der Waals surface area contributed by atoms with E-state index in [-0.39, 0.29) is 5.91 Å². The van der Waals surface area contributed by atoms with Crippen LogP contribution in [0.4, 0.5) is 5.69 Å². The molecule has 0 bridgehead atoms. The fraction of sp³-hybridized carbons (Fsp3) is 0.0417. The Balaban J connectivity index is 1.47. The largest absolute Gasteiger partial charge is 0.497 e. The van der Waals surface area contributed by atoms with Gasteiger partial charge in [0.05, 0.1) is 23.3 Å². The Labute approximate surface area is 193 Å². The van der Waals surface area contributed by atoms with Gasteiger partial charge >= 0.3 is 5.97 Å². The van der Waals surface area contributed by atoms with E-state index >= 15 is 0 Å². The summed E-state index contributed by atoms with van der Waals surface area (Å²) in [6.45, 7) is 0. The van der Waals surface area contributed by atoms with Crippen LogP contribution in [0.25, 0.3) is 6.08 Å². The number of carbonyl (C=O) groups is 2. The van der Waals surface area contributed by atoms with Gasteiger partial charge in [0.25, 0.3) is 5.91 Å². The molecule has 1 aliphatic rings. The average molecular weight is 465 g/mol. The van der Waals surface area contributed by atoms with Crippen molar-refractivity contribution >= 4 is 52.2 Å². The maximum absolute atomic E-state index is 12.4. The maximum Gasteiger partial charge on any atom is 0.343 e. The summed E-state index contributed by atoms with van der Waals surface area (Å²) >= 11 is 7.09. The lowest BCUT2D eigenvalue weighted by atomic mass is 10.2. The summed E-state index contributed by atoms with van der Waals surface area (Å²) in [7, 11) is 1.60. The van der Waals surface area contributed by atoms with Gasteiger partial charge in [-0.05, 0) is 84.1 Å². The standard InChI is InChI=1S/C24H17ClN2O4S/c1-30-19-11-9-18(10-12-19)26-24-27-22(28)21(32-24)14-15-3-2-4-20(13-15)31-23(29)16-5-7-17(25)8-6-16/h2-14H,1H3,(H,26,27,28)/b21-14-. The number of rotatable bonds is 5. The number of ether oxygens (including phenoxy) is 2. The van der Waals surface area contributed by atoms with Crippen molar-refractivity contribution in [2.75, 3.05) is 7.11 Å². The molecule has 0 aromatic heterocycles. The summed E-state index contributed by atoms with van der Waals surface area (Å²) in [4.78, 5) is 29.6. The number of benzene rings is 3. The fourth-order valence-corrected chi connectivity index (χ4v) is 3.79. The van der Waals surface area contributed by atoms with Gasteiger partial charge in [-0.25, -0.2) is 9.79 Å². The van der Waals surface area contributed by atoms with E-state index in [4.69, 9.17) is 21.1 Å². The second-order valence-electron chi connectivity index (χ2n) is 6.65. The highest BCUT2D eigenvalue weighted by atomic mass is 35.5. The van der Waals surface area contributed by atoms with Gasteiger partial charge in [0.15, 0.2) is 5.17 Å². The first-order valence-corrected chi connectivity index (χ1v) is 10.7. The number of esters is 1. The molecule has 0 radical (unpaired) electrons. The van der Waals surface area contributed by atoms with Crippen molar-refractivity contribution < 1.29 is 19.1 Å². The van der Waals surface area contributed by atoms with E-state index < -0.39 is 5.97 Å². The van der Waals surface area contributed by atoms with Gasteiger partial charge in [-0.3, -0.25) is 4.79 Å². The maximum atomic E-state index is 12.4. The molecule has 0 atom stereocenters. The van der Waals surface area contributed by atoms with Crippen LogP contribution in [0.5, 0.6) is 11.5 Å². The molecule has 4 rings (SSSR count). The van der Waals surface area contributed by atoms with Gasteiger partial charge in [0.1, 0.15) is 11.5 Å². The highest BCUT2D eigenvalue weighted by Gasteiger charge is 2.24. The molecule has 6 nitrogen and oxygen atoms in total. The number of halogens is 1. The van der Waals surface area contributed by atoms with Crippen LogP contribution in [0, 0.1) is 0 Å². The lowest BCUT2D eigenvalue weighted by Crippen LogP contribution is -2.19. The molecule has 0 spiro atoms. The minimum absolute atomic E-state index is 0.245. The van der Waals surface area contributed by atoms with Crippen LogP contribution in [0.1, 0.15) is 15.9 Å². The van der Waals surface area contributed by atoms with Crippen LogP contribution in [0.2, 0.25) is 5.02 Å². The van der Waals surface area contributed by atoms with Crippen LogP contribution in [-0.4, -0.2) is 24.2 Å². The molecule has 160 valence electrons. The van der Waals surface area contributed by atoms with Crippen molar-refractivity contribution in [1.29, 1.82) is 0 Å². The molecule has 1 N–H and O–H groups in total. The third kappa shape index (κ3) is 5.38. The smallest absolute Gasteiger partial charge is 0.343 e. The van der Waals surface area contributed by atoms with Crippen molar-refractivity contribution in [1.82, 2.24) is 5.32 Å². The summed E-state index contributed by atoms with van der Waals surface area (Å²) in [5, 5.41) is 3.77. The number of nitrogens with zero attached hydrogens (tertiary/aromatic N) is 1. The van der Waals surface area contributed by atoms with Gasteiger partial charge in [-0.2, -0.15) is 0 Å². The zero-order valence-electron chi connectivity index (χ0n) is 16.9. The molecule has 1 aliphatic heterocycles. The molecule has 3 aromatic rings. The Morgan fingerprint density at radius 2 is 1.78 bits per heavy atom. The molecule has 0 aliphatic carbocycles. The molecule has 1 heterocycles. The average Bonchev–Trinajstić information content (AvgIpc) is 3.13. The summed E-state index contributed by atoms with van der Waals surface area (Å²) in [6, 6.07) is 20.6. The Kier molecular flexibility index (Phi) is 6.58. The van der Waals surface area contributed by atoms with Crippen molar-refractivity contribution in [3.05, 3.63) is 93.9 Å². The second kappa shape index (κ2) is 9.72. The minimum Gasteiger partial charge on any atom is -0.497 e. The third-order valence-corrected chi connectivity index (χ3v) is 5.56. The van der Waals surface area contributed by atoms with Crippen LogP contribution in [0.3, 0.4) is 0 Å². The van der Waals surface area contributed by atoms with Crippen LogP contribution in [-0.2, 0) is 4.79 Å². The van der Waals surface area contributed by atoms with Crippen molar-refractivity contribution in [3.63, 3.8) is 0 Å². The zero-order valence-corrected chi connectivity index (χ0v) is 18.4. The molecule has 32 heavy (non-hydrogen) atoms. The number of hydrogen-bond acceptors (Lipinski definition) is 6. The molecule has 1 saturated heterocycles. The predicted octanol–water partition coefficient (Wildman–Crippen LogP) is 5.46. The highest BCUT2D eigenvalue weighted by Crippen LogP contribution is 2.29. The lowest BCUT2D eigenvalue weighted by Gasteiger charge is -2.05. The van der Waals surface area contributed by atoms with Crippen LogP contribution >= 0.6 is 23.4 Å². The fourth-order valence-electron chi connectivity index (χ4n) is 2.83. The number of amidine groups is 1. The Bertz CT molecular complexity index is 1220. The molecule has 3 aromatic carbocycles. The molecule has 1 amide bonds. The topological polar surface area (TPSA) is 77.0 Å². The Morgan fingerprint density at radius 1 is 1.03 bits per heavy atom. The molecule has 1 fully saturated rings. The molecule has 8 heteroatoms. The SMILES string of the molecule is COc1ccc(N=C2NC(=O)/C(=C/c3cccc(OC(=O)c4ccc(Cl)cc4)c3)S2)cc1. The summed E-state index contributed by atoms with van der Waals surface area (Å²) < 4.78 is 10.6. The van der Waals surface area contributed by atoms with Crippen LogP contribution in [0.15, 0.2) is 82.7 Å². The van der Waals surface area contributed by atoms with Gasteiger partial charge < -0.3 is 14.8 Å². The third-order valence-electron chi connectivity index (χ3n) is 4.40. The first kappa shape index (κ1) is 21.7. The number of methoxy groups -OCH3 is 1. The number of carbonyl (C=O) groups excluding carboxylic acids is 2. The first-order valence-electron chi connectivity index (χ1n) is 9.51. The molecule has 0 unspecified atom stereocenters. The summed E-state index contributed by atoms with van der Waals surface area (Å²) in [5.41, 5.74) is 1.81. The lowest BCUT2D eigenvalue weighted by molar-refractivity contribution is -0.115. The Morgan fingerprint density at radius 3 is 2.50 bits per heavy atom. The quantitative estimate of drug-likeness (QED) is 0.308. The minimum atomic E-state index is -0.492. The van der Waals surface area contributed by atoms with E-state index in [0.717, 1.165) is 11.3 Å². The number of aliphatic imine (C=N–C) groups is 1. The van der Waals surface area contributed by atoms with Crippen LogP contribution < -0.4 is 14.8 Å². The van der Waals surface area contributed by atoms with E-state index in [1.54, 1.807) is 79.9 Å².